The standard InChI is InChI=1S/C21H29N3O2.BrH/c1-3-14-23(4-2)15-16-24(21(22)25)19-10-12-20(13-11-19)26-17-18-8-6-5-7-9-18;/h5-13H,3-4,14-17H2,1-2H3,(H2,22,25);1H. The number of likely N-dealkylation sites (N-methyl/N-ethyl adjacent to an activating group) is 1. The second-order valence-electron chi connectivity index (χ2n) is 6.19. The molecule has 27 heavy (non-hydrogen) atoms. The number of anilines is 1. The topological polar surface area (TPSA) is 58.8 Å². The third kappa shape index (κ3) is 7.61. The highest BCUT2D eigenvalue weighted by molar-refractivity contribution is 8.93. The van der Waals surface area contributed by atoms with Crippen molar-refractivity contribution < 1.29 is 9.53 Å². The average Bonchev–Trinajstić information content (AvgIpc) is 2.67. The molecule has 2 amide bonds. The van der Waals surface area contributed by atoms with Gasteiger partial charge in [0.15, 0.2) is 0 Å². The lowest BCUT2D eigenvalue weighted by Gasteiger charge is -2.25. The van der Waals surface area contributed by atoms with Crippen LogP contribution in [-0.4, -0.2) is 37.1 Å². The minimum Gasteiger partial charge on any atom is -0.489 e. The molecule has 0 saturated carbocycles. The first kappa shape index (κ1) is 23.0. The van der Waals surface area contributed by atoms with E-state index in [9.17, 15) is 4.79 Å². The van der Waals surface area contributed by atoms with Crippen LogP contribution in [0.5, 0.6) is 5.75 Å². The summed E-state index contributed by atoms with van der Waals surface area (Å²) in [5.74, 6) is 0.767. The van der Waals surface area contributed by atoms with E-state index in [1.54, 1.807) is 4.90 Å². The summed E-state index contributed by atoms with van der Waals surface area (Å²) >= 11 is 0. The number of benzene rings is 2. The number of nitrogens with two attached hydrogens (primary N) is 1. The van der Waals surface area contributed by atoms with Gasteiger partial charge in [0.2, 0.25) is 0 Å². The molecule has 0 aliphatic heterocycles. The Labute approximate surface area is 172 Å². The number of hydrogen-bond acceptors (Lipinski definition) is 3. The number of hydrogen-bond donors (Lipinski definition) is 1. The van der Waals surface area contributed by atoms with Gasteiger partial charge in [0, 0.05) is 18.8 Å². The molecule has 0 spiro atoms. The lowest BCUT2D eigenvalue weighted by molar-refractivity contribution is 0.250. The SMILES string of the molecule is Br.CCCN(CC)CCN(C(N)=O)c1ccc(OCc2ccccc2)cc1. The number of nitrogens with zero attached hydrogens (tertiary/aromatic N) is 2. The molecule has 2 rings (SSSR count). The van der Waals surface area contributed by atoms with Crippen molar-refractivity contribution in [3.8, 4) is 5.75 Å². The number of carbonyl (C=O) groups excluding carboxylic acids is 1. The Hall–Kier alpha value is -2.05. The van der Waals surface area contributed by atoms with Gasteiger partial charge in [-0.3, -0.25) is 4.90 Å². The quantitative estimate of drug-likeness (QED) is 0.598. The molecule has 0 saturated heterocycles. The molecule has 0 bridgehead atoms. The lowest BCUT2D eigenvalue weighted by Crippen LogP contribution is -2.41. The van der Waals surface area contributed by atoms with E-state index in [2.05, 4.69) is 18.7 Å². The first-order chi connectivity index (χ1) is 12.6. The molecule has 2 aromatic carbocycles. The van der Waals surface area contributed by atoms with Crippen molar-refractivity contribution >= 4 is 28.7 Å². The number of urea groups is 1. The van der Waals surface area contributed by atoms with Crippen LogP contribution in [0, 0.1) is 0 Å². The Morgan fingerprint density at radius 1 is 0.963 bits per heavy atom. The van der Waals surface area contributed by atoms with Gasteiger partial charge in [-0.05, 0) is 49.3 Å². The van der Waals surface area contributed by atoms with Gasteiger partial charge in [-0.15, -0.1) is 17.0 Å². The summed E-state index contributed by atoms with van der Waals surface area (Å²) < 4.78 is 5.79. The zero-order valence-electron chi connectivity index (χ0n) is 16.1. The molecule has 0 fully saturated rings. The molecular formula is C21H30BrN3O2. The second-order valence-corrected chi connectivity index (χ2v) is 6.19. The molecule has 0 aliphatic rings. The largest absolute Gasteiger partial charge is 0.489 e. The Balaban J connectivity index is 0.00000364. The minimum atomic E-state index is -0.435. The van der Waals surface area contributed by atoms with Gasteiger partial charge in [0.05, 0.1) is 0 Å². The maximum atomic E-state index is 11.9. The average molecular weight is 436 g/mol. The molecule has 2 aromatic rings. The van der Waals surface area contributed by atoms with Crippen LogP contribution in [0.2, 0.25) is 0 Å². The van der Waals surface area contributed by atoms with E-state index < -0.39 is 6.03 Å². The van der Waals surface area contributed by atoms with E-state index in [0.717, 1.165) is 43.1 Å². The van der Waals surface area contributed by atoms with Gasteiger partial charge in [0.25, 0.3) is 0 Å². The van der Waals surface area contributed by atoms with E-state index in [1.165, 1.54) is 0 Å². The highest BCUT2D eigenvalue weighted by Crippen LogP contribution is 2.20. The molecule has 0 unspecified atom stereocenters. The second kappa shape index (κ2) is 12.4. The van der Waals surface area contributed by atoms with E-state index in [-0.39, 0.29) is 17.0 Å². The molecular weight excluding hydrogens is 406 g/mol. The van der Waals surface area contributed by atoms with E-state index >= 15 is 0 Å². The number of rotatable bonds is 10. The van der Waals surface area contributed by atoms with Gasteiger partial charge < -0.3 is 15.4 Å². The summed E-state index contributed by atoms with van der Waals surface area (Å²) in [7, 11) is 0. The number of primary amides is 1. The first-order valence-electron chi connectivity index (χ1n) is 9.20. The van der Waals surface area contributed by atoms with Crippen LogP contribution in [0.4, 0.5) is 10.5 Å². The van der Waals surface area contributed by atoms with Crippen LogP contribution >= 0.6 is 17.0 Å². The maximum absolute atomic E-state index is 11.9. The van der Waals surface area contributed by atoms with Crippen LogP contribution in [0.3, 0.4) is 0 Å². The molecule has 0 heterocycles. The highest BCUT2D eigenvalue weighted by Gasteiger charge is 2.14. The third-order valence-electron chi connectivity index (χ3n) is 4.29. The van der Waals surface area contributed by atoms with Gasteiger partial charge >= 0.3 is 6.03 Å². The zero-order valence-corrected chi connectivity index (χ0v) is 17.8. The summed E-state index contributed by atoms with van der Waals surface area (Å²) in [4.78, 5) is 15.8. The number of amides is 2. The molecule has 0 aliphatic carbocycles. The monoisotopic (exact) mass is 435 g/mol. The zero-order chi connectivity index (χ0) is 18.8. The third-order valence-corrected chi connectivity index (χ3v) is 4.29. The van der Waals surface area contributed by atoms with Gasteiger partial charge in [0.1, 0.15) is 12.4 Å². The fourth-order valence-corrected chi connectivity index (χ4v) is 2.82. The summed E-state index contributed by atoms with van der Waals surface area (Å²) in [6.07, 6.45) is 1.10. The Bertz CT molecular complexity index is 665. The van der Waals surface area contributed by atoms with Gasteiger partial charge in [-0.2, -0.15) is 0 Å². The summed E-state index contributed by atoms with van der Waals surface area (Å²) in [6, 6.07) is 17.1. The van der Waals surface area contributed by atoms with Crippen LogP contribution in [-0.2, 0) is 6.61 Å². The summed E-state index contributed by atoms with van der Waals surface area (Å²) in [5, 5.41) is 0. The van der Waals surface area contributed by atoms with Crippen molar-refractivity contribution in [1.82, 2.24) is 4.90 Å². The maximum Gasteiger partial charge on any atom is 0.319 e. The van der Waals surface area contributed by atoms with E-state index in [0.29, 0.717) is 13.2 Å². The van der Waals surface area contributed by atoms with Crippen LogP contribution < -0.4 is 15.4 Å². The number of carbonyl (C=O) groups is 1. The molecule has 6 heteroatoms. The van der Waals surface area contributed by atoms with Crippen LogP contribution in [0.1, 0.15) is 25.8 Å². The minimum absolute atomic E-state index is 0. The Morgan fingerprint density at radius 2 is 1.63 bits per heavy atom. The van der Waals surface area contributed by atoms with Crippen molar-refractivity contribution in [2.75, 3.05) is 31.1 Å². The highest BCUT2D eigenvalue weighted by atomic mass is 79.9. The van der Waals surface area contributed by atoms with Crippen LogP contribution in [0.25, 0.3) is 0 Å². The molecule has 0 aromatic heterocycles. The predicted octanol–water partition coefficient (Wildman–Crippen LogP) is 4.46. The molecule has 2 N–H and O–H groups in total. The molecule has 0 atom stereocenters. The molecule has 148 valence electrons. The van der Waals surface area contributed by atoms with Crippen molar-refractivity contribution in [2.24, 2.45) is 5.73 Å². The van der Waals surface area contributed by atoms with Gasteiger partial charge in [-0.1, -0.05) is 44.2 Å². The summed E-state index contributed by atoms with van der Waals surface area (Å²) in [6.45, 7) is 8.17. The van der Waals surface area contributed by atoms with E-state index in [1.807, 2.05) is 54.6 Å². The predicted molar refractivity (Wildman–Crippen MR) is 117 cm³/mol. The van der Waals surface area contributed by atoms with Gasteiger partial charge in [-0.25, -0.2) is 4.79 Å². The first-order valence-corrected chi connectivity index (χ1v) is 9.20. The van der Waals surface area contributed by atoms with Crippen molar-refractivity contribution in [3.63, 3.8) is 0 Å². The van der Waals surface area contributed by atoms with Crippen molar-refractivity contribution in [3.05, 3.63) is 60.2 Å². The smallest absolute Gasteiger partial charge is 0.319 e. The number of halogens is 1. The fourth-order valence-electron chi connectivity index (χ4n) is 2.82. The summed E-state index contributed by atoms with van der Waals surface area (Å²) in [5.41, 5.74) is 7.49. The normalized spacial score (nSPS) is 10.3. The molecule has 5 nitrogen and oxygen atoms in total. The van der Waals surface area contributed by atoms with E-state index in [4.69, 9.17) is 10.5 Å². The lowest BCUT2D eigenvalue weighted by atomic mass is 10.2. The van der Waals surface area contributed by atoms with Crippen molar-refractivity contribution in [1.29, 1.82) is 0 Å². The molecule has 0 radical (unpaired) electrons. The Morgan fingerprint density at radius 3 is 2.19 bits per heavy atom. The Kier molecular flexibility index (Phi) is 10.5. The number of ether oxygens (including phenoxy) is 1. The fraction of sp³-hybridized carbons (Fsp3) is 0.381. The van der Waals surface area contributed by atoms with Crippen LogP contribution in [0.15, 0.2) is 54.6 Å². The van der Waals surface area contributed by atoms with Crippen molar-refractivity contribution in [2.45, 2.75) is 26.9 Å².